The molecule has 4 fully saturated rings. The summed E-state index contributed by atoms with van der Waals surface area (Å²) in [6, 6.07) is -1.27. The van der Waals surface area contributed by atoms with Gasteiger partial charge >= 0.3 is 5.97 Å². The maximum Gasteiger partial charge on any atom is 0.332 e. The summed E-state index contributed by atoms with van der Waals surface area (Å²) in [5.41, 5.74) is 5.62. The van der Waals surface area contributed by atoms with Crippen LogP contribution < -0.4 is 16.4 Å². The molecule has 51 heavy (non-hydrogen) atoms. The van der Waals surface area contributed by atoms with Crippen molar-refractivity contribution >= 4 is 17.8 Å². The van der Waals surface area contributed by atoms with Crippen LogP contribution in [0.15, 0.2) is 0 Å². The first-order valence-electron chi connectivity index (χ1n) is 18.4. The van der Waals surface area contributed by atoms with Crippen molar-refractivity contribution in [2.45, 2.75) is 158 Å². The number of hydrogen-bond donors (Lipinski definition) is 9. The quantitative estimate of drug-likeness (QED) is 0.0926. The van der Waals surface area contributed by atoms with E-state index in [4.69, 9.17) is 29.4 Å². The highest BCUT2D eigenvalue weighted by Crippen LogP contribution is 2.40. The number of nitrogens with one attached hydrogen (secondary N) is 2. The topological polar surface area (TPSA) is 269 Å². The van der Waals surface area contributed by atoms with Crippen LogP contribution in [0, 0.1) is 17.8 Å². The van der Waals surface area contributed by atoms with Crippen molar-refractivity contribution in [3.63, 3.8) is 0 Å². The van der Waals surface area contributed by atoms with Crippen LogP contribution in [0.1, 0.15) is 78.6 Å². The van der Waals surface area contributed by atoms with Gasteiger partial charge in [0.05, 0.1) is 24.9 Å². The van der Waals surface area contributed by atoms with Gasteiger partial charge in [0, 0.05) is 25.9 Å². The van der Waals surface area contributed by atoms with Crippen molar-refractivity contribution in [2.24, 2.45) is 23.5 Å². The molecular weight excluding hydrogens is 674 g/mol. The lowest BCUT2D eigenvalue weighted by atomic mass is 9.75. The van der Waals surface area contributed by atoms with Gasteiger partial charge in [-0.25, -0.2) is 4.79 Å². The first-order valence-corrected chi connectivity index (χ1v) is 18.4. The maximum atomic E-state index is 13.3. The minimum Gasteiger partial charge on any atom is -0.479 e. The van der Waals surface area contributed by atoms with E-state index in [1.807, 2.05) is 6.92 Å². The minimum atomic E-state index is -1.62. The molecule has 8 unspecified atom stereocenters. The van der Waals surface area contributed by atoms with E-state index in [9.17, 15) is 45.0 Å². The van der Waals surface area contributed by atoms with Crippen molar-refractivity contribution in [1.29, 1.82) is 0 Å². The van der Waals surface area contributed by atoms with Gasteiger partial charge in [0.1, 0.15) is 42.7 Å². The number of aliphatic hydroxyl groups excluding tert-OH is 5. The van der Waals surface area contributed by atoms with E-state index in [1.165, 1.54) is 13.8 Å². The van der Waals surface area contributed by atoms with Gasteiger partial charge in [0.2, 0.25) is 11.8 Å². The van der Waals surface area contributed by atoms with Gasteiger partial charge in [0.15, 0.2) is 18.7 Å². The molecular formula is C34H59N3O14. The van der Waals surface area contributed by atoms with Gasteiger partial charge in [0.25, 0.3) is 0 Å². The fourth-order valence-electron chi connectivity index (χ4n) is 7.92. The van der Waals surface area contributed by atoms with Gasteiger partial charge in [-0.15, -0.1) is 0 Å². The number of carboxylic acids is 1. The lowest BCUT2D eigenvalue weighted by Gasteiger charge is -2.49. The van der Waals surface area contributed by atoms with E-state index >= 15 is 0 Å². The molecule has 2 aliphatic carbocycles. The SMILES string of the molecule is CC[C@@H]1CC(C(=O)NCCN)C[C@@H](O[C@@H]2OC(CO)C(O)C(O[C@@H](CC3CCCCC3)C(=O)O)C2NC(C)=O)C1OC1O[C@@H](C)C(O)[C@H](O)[C@@H]1O. The van der Waals surface area contributed by atoms with Crippen molar-refractivity contribution < 1.29 is 68.7 Å². The van der Waals surface area contributed by atoms with Crippen molar-refractivity contribution in [2.75, 3.05) is 19.7 Å². The molecule has 0 radical (unpaired) electrons. The van der Waals surface area contributed by atoms with E-state index in [-0.39, 0.29) is 43.7 Å². The summed E-state index contributed by atoms with van der Waals surface area (Å²) < 4.78 is 30.8. The Balaban J connectivity index is 1.66. The summed E-state index contributed by atoms with van der Waals surface area (Å²) in [5.74, 6) is -2.91. The first-order chi connectivity index (χ1) is 24.3. The molecule has 0 aromatic rings. The standard InChI is InChI=1S/C34H59N3O14/c1-4-19-13-20(31(44)36-11-10-35)14-21(29(19)51-34-28(43)27(42)25(40)16(2)47-34)49-33-24(37-17(3)39)30(26(41)23(15-38)50-33)48-22(32(45)46)12-18-8-6-5-7-9-18/h16,18-30,33-34,38,40-43H,4-15,35H2,1-3H3,(H,36,44)(H,37,39)(H,45,46)/t16-,19+,20?,21+,22-,23?,24?,25?,26?,27-,28-,29?,30?,33+,34?/m0/s1. The number of rotatable bonds is 15. The average molecular weight is 734 g/mol. The summed E-state index contributed by atoms with van der Waals surface area (Å²) in [4.78, 5) is 38.3. The fourth-order valence-corrected chi connectivity index (χ4v) is 7.92. The molecule has 17 heteroatoms. The molecule has 2 saturated heterocycles. The monoisotopic (exact) mass is 733 g/mol. The van der Waals surface area contributed by atoms with Gasteiger partial charge in [-0.05, 0) is 38.0 Å². The Bertz CT molecular complexity index is 1130. The second-order valence-electron chi connectivity index (χ2n) is 14.5. The molecule has 10 N–H and O–H groups in total. The minimum absolute atomic E-state index is 0.0606. The average Bonchev–Trinajstić information content (AvgIpc) is 3.11. The van der Waals surface area contributed by atoms with E-state index in [0.717, 1.165) is 32.1 Å². The second kappa shape index (κ2) is 19.3. The van der Waals surface area contributed by atoms with Crippen LogP contribution in [-0.4, -0.2) is 148 Å². The Labute approximate surface area is 298 Å². The highest BCUT2D eigenvalue weighted by molar-refractivity contribution is 5.78. The van der Waals surface area contributed by atoms with Crippen LogP contribution in [0.25, 0.3) is 0 Å². The number of carbonyl (C=O) groups excluding carboxylic acids is 2. The van der Waals surface area contributed by atoms with Crippen LogP contribution in [0.2, 0.25) is 0 Å². The normalized spacial score (nSPS) is 39.9. The summed E-state index contributed by atoms with van der Waals surface area (Å²) >= 11 is 0. The van der Waals surface area contributed by atoms with Crippen LogP contribution in [0.5, 0.6) is 0 Å². The summed E-state index contributed by atoms with van der Waals surface area (Å²) in [7, 11) is 0. The van der Waals surface area contributed by atoms with E-state index in [2.05, 4.69) is 10.6 Å². The highest BCUT2D eigenvalue weighted by atomic mass is 16.7. The molecule has 15 atom stereocenters. The molecule has 2 heterocycles. The first kappa shape index (κ1) is 41.7. The lowest BCUT2D eigenvalue weighted by Crippen LogP contribution is -2.67. The van der Waals surface area contributed by atoms with Gasteiger partial charge in [-0.1, -0.05) is 45.4 Å². The fraction of sp³-hybridized carbons (Fsp3) is 0.912. The smallest absolute Gasteiger partial charge is 0.332 e. The highest BCUT2D eigenvalue weighted by Gasteiger charge is 2.52. The predicted octanol–water partition coefficient (Wildman–Crippen LogP) is -1.51. The Morgan fingerprint density at radius 2 is 1.63 bits per heavy atom. The molecule has 2 amide bonds. The molecule has 0 aromatic carbocycles. The number of carbonyl (C=O) groups is 3. The van der Waals surface area contributed by atoms with Gasteiger partial charge < -0.3 is 70.7 Å². The van der Waals surface area contributed by atoms with E-state index in [0.29, 0.717) is 12.8 Å². The third-order valence-electron chi connectivity index (χ3n) is 10.8. The Morgan fingerprint density at radius 1 is 0.922 bits per heavy atom. The Hall–Kier alpha value is -2.03. The predicted molar refractivity (Wildman–Crippen MR) is 178 cm³/mol. The zero-order valence-electron chi connectivity index (χ0n) is 29.7. The number of aliphatic hydroxyl groups is 5. The van der Waals surface area contributed by atoms with E-state index < -0.39 is 104 Å². The molecule has 0 bridgehead atoms. The maximum absolute atomic E-state index is 13.3. The Kier molecular flexibility index (Phi) is 15.8. The molecule has 17 nitrogen and oxygen atoms in total. The summed E-state index contributed by atoms with van der Waals surface area (Å²) in [5, 5.41) is 68.8. The molecule has 4 aliphatic rings. The Morgan fingerprint density at radius 3 is 2.24 bits per heavy atom. The molecule has 0 aromatic heterocycles. The molecule has 2 aliphatic heterocycles. The third-order valence-corrected chi connectivity index (χ3v) is 10.8. The van der Waals surface area contributed by atoms with Crippen molar-refractivity contribution in [3.8, 4) is 0 Å². The number of amides is 2. The number of nitrogens with two attached hydrogens (primary N) is 1. The van der Waals surface area contributed by atoms with Gasteiger partial charge in [-0.2, -0.15) is 0 Å². The van der Waals surface area contributed by atoms with E-state index in [1.54, 1.807) is 0 Å². The van der Waals surface area contributed by atoms with Crippen LogP contribution in [0.3, 0.4) is 0 Å². The number of aliphatic carboxylic acids is 1. The number of ether oxygens (including phenoxy) is 5. The zero-order valence-corrected chi connectivity index (χ0v) is 29.7. The number of hydrogen-bond acceptors (Lipinski definition) is 14. The van der Waals surface area contributed by atoms with Crippen LogP contribution in [-0.2, 0) is 38.1 Å². The molecule has 294 valence electrons. The molecule has 4 rings (SSSR count). The zero-order chi connectivity index (χ0) is 37.4. The number of carboxylic acid groups (broad SMARTS) is 1. The largest absolute Gasteiger partial charge is 0.479 e. The molecule has 2 saturated carbocycles. The lowest BCUT2D eigenvalue weighted by molar-refractivity contribution is -0.338. The van der Waals surface area contributed by atoms with Crippen molar-refractivity contribution in [3.05, 3.63) is 0 Å². The molecule has 0 spiro atoms. The van der Waals surface area contributed by atoms with Crippen LogP contribution >= 0.6 is 0 Å². The van der Waals surface area contributed by atoms with Gasteiger partial charge in [-0.3, -0.25) is 9.59 Å². The summed E-state index contributed by atoms with van der Waals surface area (Å²) in [6.07, 6.45) is -9.92. The summed E-state index contributed by atoms with van der Waals surface area (Å²) in [6.45, 7) is 4.41. The third kappa shape index (κ3) is 10.6. The van der Waals surface area contributed by atoms with Crippen molar-refractivity contribution in [1.82, 2.24) is 10.6 Å². The second-order valence-corrected chi connectivity index (χ2v) is 14.5. The van der Waals surface area contributed by atoms with Crippen LogP contribution in [0.4, 0.5) is 0 Å².